The lowest BCUT2D eigenvalue weighted by molar-refractivity contribution is 0.0968. The number of aliphatic hydroxyl groups excluding tert-OH is 1. The van der Waals surface area contributed by atoms with Crippen molar-refractivity contribution >= 4 is 0 Å². The largest absolute Gasteiger partial charge is 0.395 e. The van der Waals surface area contributed by atoms with Gasteiger partial charge in [-0.3, -0.25) is 0 Å². The van der Waals surface area contributed by atoms with Gasteiger partial charge in [0, 0.05) is 19.6 Å². The molecule has 0 radical (unpaired) electrons. The van der Waals surface area contributed by atoms with E-state index in [1.165, 1.54) is 19.3 Å². The molecule has 0 aliphatic carbocycles. The fraction of sp³-hybridized carbons (Fsp3) is 0.778. The molecule has 0 aromatic heterocycles. The van der Waals surface area contributed by atoms with Gasteiger partial charge in [0.2, 0.25) is 0 Å². The van der Waals surface area contributed by atoms with Crippen LogP contribution in [0.15, 0.2) is 0 Å². The molecule has 11 heavy (non-hydrogen) atoms. The summed E-state index contributed by atoms with van der Waals surface area (Å²) in [7, 11) is 0. The van der Waals surface area contributed by atoms with Crippen LogP contribution in [0.3, 0.4) is 0 Å². The van der Waals surface area contributed by atoms with E-state index in [1.54, 1.807) is 0 Å². The van der Waals surface area contributed by atoms with E-state index in [2.05, 4.69) is 5.92 Å². The van der Waals surface area contributed by atoms with Gasteiger partial charge in [-0.05, 0) is 19.3 Å². The van der Waals surface area contributed by atoms with Gasteiger partial charge >= 0.3 is 0 Å². The molecular formula is C9H16O2. The van der Waals surface area contributed by atoms with Crippen LogP contribution in [0.2, 0.25) is 0 Å². The van der Waals surface area contributed by atoms with E-state index in [1.807, 2.05) is 0 Å². The van der Waals surface area contributed by atoms with Crippen LogP contribution in [0.1, 0.15) is 25.7 Å². The van der Waals surface area contributed by atoms with Gasteiger partial charge in [-0.2, -0.15) is 0 Å². The molecule has 0 aromatic carbocycles. The average Bonchev–Trinajstić information content (AvgIpc) is 2.10. The summed E-state index contributed by atoms with van der Waals surface area (Å²) in [4.78, 5) is 0. The smallest absolute Gasteiger partial charge is 0.0540 e. The number of ether oxygens (including phenoxy) is 1. The van der Waals surface area contributed by atoms with Crippen molar-refractivity contribution in [1.29, 1.82) is 0 Å². The van der Waals surface area contributed by atoms with E-state index in [9.17, 15) is 0 Å². The van der Waals surface area contributed by atoms with Crippen LogP contribution in [-0.4, -0.2) is 24.9 Å². The molecule has 0 aromatic rings. The van der Waals surface area contributed by atoms with Crippen molar-refractivity contribution in [3.05, 3.63) is 0 Å². The summed E-state index contributed by atoms with van der Waals surface area (Å²) in [6.07, 6.45) is 9.13. The highest BCUT2D eigenvalue weighted by molar-refractivity contribution is 4.82. The highest BCUT2D eigenvalue weighted by Gasteiger charge is 1.94. The van der Waals surface area contributed by atoms with Crippen molar-refractivity contribution in [3.63, 3.8) is 0 Å². The molecule has 64 valence electrons. The maximum Gasteiger partial charge on any atom is 0.0540 e. The topological polar surface area (TPSA) is 29.5 Å². The third kappa shape index (κ3) is 9.48. The summed E-state index contributed by atoms with van der Waals surface area (Å²) in [5, 5.41) is 7.92. The summed E-state index contributed by atoms with van der Waals surface area (Å²) in [6.45, 7) is 2.11. The second-order valence-corrected chi connectivity index (χ2v) is 2.35. The fourth-order valence-corrected chi connectivity index (χ4v) is 0.752. The van der Waals surface area contributed by atoms with Crippen molar-refractivity contribution in [3.8, 4) is 12.3 Å². The minimum Gasteiger partial charge on any atom is -0.395 e. The molecule has 2 nitrogen and oxygen atoms in total. The molecule has 2 heteroatoms. The lowest BCUT2D eigenvalue weighted by atomic mass is 10.2. The Morgan fingerprint density at radius 3 is 2.00 bits per heavy atom. The molecule has 0 atom stereocenters. The molecule has 0 bridgehead atoms. The van der Waals surface area contributed by atoms with Gasteiger partial charge in [0.05, 0.1) is 6.61 Å². The van der Waals surface area contributed by atoms with E-state index in [0.717, 1.165) is 13.2 Å². The SMILES string of the molecule is C#CCCO.C1CCOCC1. The summed E-state index contributed by atoms with van der Waals surface area (Å²) in [5.74, 6) is 2.27. The van der Waals surface area contributed by atoms with Crippen LogP contribution in [0.4, 0.5) is 0 Å². The lowest BCUT2D eigenvalue weighted by Crippen LogP contribution is -2.03. The molecule has 0 amide bonds. The summed E-state index contributed by atoms with van der Waals surface area (Å²) in [6, 6.07) is 0. The Morgan fingerprint density at radius 2 is 1.91 bits per heavy atom. The van der Waals surface area contributed by atoms with Crippen LogP contribution in [-0.2, 0) is 4.74 Å². The fourth-order valence-electron chi connectivity index (χ4n) is 0.752. The van der Waals surface area contributed by atoms with Crippen molar-refractivity contribution in [1.82, 2.24) is 0 Å². The molecule has 1 fully saturated rings. The molecule has 1 aliphatic heterocycles. The summed E-state index contributed by atoms with van der Waals surface area (Å²) >= 11 is 0. The van der Waals surface area contributed by atoms with Gasteiger partial charge in [0.15, 0.2) is 0 Å². The Balaban J connectivity index is 0.000000187. The van der Waals surface area contributed by atoms with Crippen LogP contribution in [0.5, 0.6) is 0 Å². The minimum absolute atomic E-state index is 0.108. The van der Waals surface area contributed by atoms with Gasteiger partial charge in [-0.1, -0.05) is 0 Å². The van der Waals surface area contributed by atoms with Gasteiger partial charge in [-0.15, -0.1) is 12.3 Å². The van der Waals surface area contributed by atoms with E-state index >= 15 is 0 Å². The highest BCUT2D eigenvalue weighted by Crippen LogP contribution is 2.02. The van der Waals surface area contributed by atoms with Gasteiger partial charge in [0.1, 0.15) is 0 Å². The quantitative estimate of drug-likeness (QED) is 0.578. The van der Waals surface area contributed by atoms with Crippen LogP contribution >= 0.6 is 0 Å². The van der Waals surface area contributed by atoms with E-state index in [0.29, 0.717) is 6.42 Å². The first-order valence-electron chi connectivity index (χ1n) is 4.04. The highest BCUT2D eigenvalue weighted by atomic mass is 16.5. The zero-order valence-electron chi connectivity index (χ0n) is 6.88. The number of hydrogen-bond donors (Lipinski definition) is 1. The second kappa shape index (κ2) is 9.48. The zero-order chi connectivity index (χ0) is 8.36. The second-order valence-electron chi connectivity index (χ2n) is 2.35. The molecule has 1 heterocycles. The third-order valence-corrected chi connectivity index (χ3v) is 1.33. The maximum atomic E-state index is 7.92. The Morgan fingerprint density at radius 1 is 1.27 bits per heavy atom. The summed E-state index contributed by atoms with van der Waals surface area (Å²) < 4.78 is 5.07. The van der Waals surface area contributed by atoms with E-state index in [-0.39, 0.29) is 6.61 Å². The number of terminal acetylenes is 1. The Kier molecular flexibility index (Phi) is 9.03. The lowest BCUT2D eigenvalue weighted by Gasteiger charge is -2.08. The Hall–Kier alpha value is -0.520. The van der Waals surface area contributed by atoms with Crippen LogP contribution < -0.4 is 0 Å². The standard InChI is InChI=1S/C5H10O.C4H6O/c1-2-4-6-5-3-1;1-2-3-4-5/h1-5H2;1,5H,3-4H2. The first-order valence-corrected chi connectivity index (χ1v) is 4.04. The molecule has 1 N–H and O–H groups in total. The minimum atomic E-state index is 0.108. The van der Waals surface area contributed by atoms with Crippen molar-refractivity contribution in [2.45, 2.75) is 25.7 Å². The van der Waals surface area contributed by atoms with E-state index in [4.69, 9.17) is 16.3 Å². The predicted octanol–water partition coefficient (Wildman–Crippen LogP) is 1.19. The van der Waals surface area contributed by atoms with Crippen molar-refractivity contribution in [2.24, 2.45) is 0 Å². The number of hydrogen-bond acceptors (Lipinski definition) is 2. The van der Waals surface area contributed by atoms with E-state index < -0.39 is 0 Å². The first-order chi connectivity index (χ1) is 5.41. The van der Waals surface area contributed by atoms with Crippen LogP contribution in [0, 0.1) is 12.3 Å². The predicted molar refractivity (Wildman–Crippen MR) is 45.2 cm³/mol. The van der Waals surface area contributed by atoms with Crippen molar-refractivity contribution in [2.75, 3.05) is 19.8 Å². The maximum absolute atomic E-state index is 7.92. The molecule has 0 spiro atoms. The third-order valence-electron chi connectivity index (χ3n) is 1.33. The van der Waals surface area contributed by atoms with Gasteiger partial charge < -0.3 is 9.84 Å². The molecule has 1 saturated heterocycles. The van der Waals surface area contributed by atoms with Crippen molar-refractivity contribution < 1.29 is 9.84 Å². The molecule has 1 rings (SSSR count). The zero-order valence-corrected chi connectivity index (χ0v) is 6.88. The molecule has 1 aliphatic rings. The average molecular weight is 156 g/mol. The molecule has 0 unspecified atom stereocenters. The van der Waals surface area contributed by atoms with Gasteiger partial charge in [-0.25, -0.2) is 0 Å². The summed E-state index contributed by atoms with van der Waals surface area (Å²) in [5.41, 5.74) is 0. The number of aliphatic hydroxyl groups is 1. The monoisotopic (exact) mass is 156 g/mol. The Bertz CT molecular complexity index is 89.1. The van der Waals surface area contributed by atoms with Gasteiger partial charge in [0.25, 0.3) is 0 Å². The number of rotatable bonds is 1. The molecule has 0 saturated carbocycles. The molecular weight excluding hydrogens is 140 g/mol. The van der Waals surface area contributed by atoms with Crippen LogP contribution in [0.25, 0.3) is 0 Å². The Labute approximate surface area is 68.6 Å². The normalized spacial score (nSPS) is 16.0. The first kappa shape index (κ1) is 10.5.